The summed E-state index contributed by atoms with van der Waals surface area (Å²) in [4.78, 5) is 15.0. The Balaban J connectivity index is 2.38. The third-order valence-electron chi connectivity index (χ3n) is 5.22. The highest BCUT2D eigenvalue weighted by molar-refractivity contribution is 7.89. The number of hydrogen-bond acceptors (Lipinski definition) is 5. The molecule has 172 valence electrons. The van der Waals surface area contributed by atoms with Crippen LogP contribution in [0.4, 0.5) is 11.4 Å². The van der Waals surface area contributed by atoms with Gasteiger partial charge in [0.1, 0.15) is 0 Å². The largest absolute Gasteiger partial charge is 0.370 e. The zero-order chi connectivity index (χ0) is 23.2. The van der Waals surface area contributed by atoms with Crippen molar-refractivity contribution in [1.29, 1.82) is 0 Å². The number of nitrogens with one attached hydrogen (secondary N) is 1. The van der Waals surface area contributed by atoms with E-state index >= 15 is 0 Å². The maximum Gasteiger partial charge on any atom is 0.243 e. The molecule has 0 fully saturated rings. The fourth-order valence-corrected chi connectivity index (χ4v) is 4.93. The van der Waals surface area contributed by atoms with E-state index in [4.69, 9.17) is 0 Å². The van der Waals surface area contributed by atoms with E-state index in [1.807, 2.05) is 53.8 Å². The Kier molecular flexibility index (Phi) is 8.64. The SMILES string of the molecule is CCN(CC)c1ccc(S(=O)(=O)N(CC)CC)cc1NC(=O)Cc1ccn(C(C)C)n1. The summed E-state index contributed by atoms with van der Waals surface area (Å²) in [5.74, 6) is -0.236. The van der Waals surface area contributed by atoms with Gasteiger partial charge in [-0.1, -0.05) is 13.8 Å². The van der Waals surface area contributed by atoms with Crippen molar-refractivity contribution in [2.45, 2.75) is 58.9 Å². The Bertz CT molecular complexity index is 977. The molecule has 0 bridgehead atoms. The summed E-state index contributed by atoms with van der Waals surface area (Å²) in [6.07, 6.45) is 1.97. The topological polar surface area (TPSA) is 87.5 Å². The Morgan fingerprint density at radius 1 is 1.06 bits per heavy atom. The van der Waals surface area contributed by atoms with Crippen LogP contribution in [0.1, 0.15) is 53.3 Å². The van der Waals surface area contributed by atoms with Crippen LogP contribution in [0, 0.1) is 0 Å². The van der Waals surface area contributed by atoms with Gasteiger partial charge in [-0.3, -0.25) is 9.48 Å². The number of anilines is 2. The first kappa shape index (κ1) is 24.9. The molecule has 1 amide bonds. The summed E-state index contributed by atoms with van der Waals surface area (Å²) in [5.41, 5.74) is 1.96. The Morgan fingerprint density at radius 3 is 2.23 bits per heavy atom. The zero-order valence-corrected chi connectivity index (χ0v) is 20.2. The molecule has 0 aliphatic rings. The van der Waals surface area contributed by atoms with E-state index in [-0.39, 0.29) is 23.3 Å². The summed E-state index contributed by atoms with van der Waals surface area (Å²) in [6, 6.07) is 6.99. The van der Waals surface area contributed by atoms with Crippen molar-refractivity contribution in [2.75, 3.05) is 36.4 Å². The number of benzene rings is 1. The highest BCUT2D eigenvalue weighted by Crippen LogP contribution is 2.30. The van der Waals surface area contributed by atoms with Crippen molar-refractivity contribution in [3.05, 3.63) is 36.2 Å². The lowest BCUT2D eigenvalue weighted by atomic mass is 10.2. The Morgan fingerprint density at radius 2 is 1.71 bits per heavy atom. The molecular formula is C22H35N5O3S. The molecule has 0 aliphatic carbocycles. The monoisotopic (exact) mass is 449 g/mol. The van der Waals surface area contributed by atoms with Crippen LogP contribution < -0.4 is 10.2 Å². The van der Waals surface area contributed by atoms with E-state index in [1.165, 1.54) is 4.31 Å². The van der Waals surface area contributed by atoms with Crippen molar-refractivity contribution in [1.82, 2.24) is 14.1 Å². The van der Waals surface area contributed by atoms with Crippen LogP contribution in [0.15, 0.2) is 35.4 Å². The molecular weight excluding hydrogens is 414 g/mol. The van der Waals surface area contributed by atoms with Crippen molar-refractivity contribution in [3.8, 4) is 0 Å². The van der Waals surface area contributed by atoms with Gasteiger partial charge in [0, 0.05) is 38.4 Å². The molecule has 31 heavy (non-hydrogen) atoms. The molecule has 9 heteroatoms. The van der Waals surface area contributed by atoms with Crippen LogP contribution in [-0.4, -0.2) is 54.6 Å². The second-order valence-electron chi connectivity index (χ2n) is 7.55. The maximum atomic E-state index is 13.0. The highest BCUT2D eigenvalue weighted by Gasteiger charge is 2.24. The van der Waals surface area contributed by atoms with E-state index in [9.17, 15) is 13.2 Å². The van der Waals surface area contributed by atoms with Crippen LogP contribution in [0.25, 0.3) is 0 Å². The first-order valence-corrected chi connectivity index (χ1v) is 12.3. The van der Waals surface area contributed by atoms with Gasteiger partial charge in [-0.2, -0.15) is 9.40 Å². The van der Waals surface area contributed by atoms with Gasteiger partial charge in [-0.25, -0.2) is 8.42 Å². The van der Waals surface area contributed by atoms with Gasteiger partial charge in [0.25, 0.3) is 0 Å². The molecule has 0 aliphatic heterocycles. The smallest absolute Gasteiger partial charge is 0.243 e. The Hall–Kier alpha value is -2.39. The summed E-state index contributed by atoms with van der Waals surface area (Å²) >= 11 is 0. The van der Waals surface area contributed by atoms with Gasteiger partial charge in [-0.15, -0.1) is 0 Å². The van der Waals surface area contributed by atoms with Crippen LogP contribution in [-0.2, 0) is 21.2 Å². The second-order valence-corrected chi connectivity index (χ2v) is 9.48. The molecule has 0 saturated heterocycles. The minimum atomic E-state index is -3.63. The normalized spacial score (nSPS) is 11.9. The molecule has 2 aromatic rings. The fraction of sp³-hybridized carbons (Fsp3) is 0.545. The van der Waals surface area contributed by atoms with E-state index in [2.05, 4.69) is 15.3 Å². The molecule has 1 N–H and O–H groups in total. The molecule has 8 nitrogen and oxygen atoms in total. The summed E-state index contributed by atoms with van der Waals surface area (Å²) < 4.78 is 29.2. The molecule has 0 saturated carbocycles. The molecule has 1 aromatic heterocycles. The minimum absolute atomic E-state index is 0.116. The molecule has 0 spiro atoms. The Labute approximate surface area is 186 Å². The van der Waals surface area contributed by atoms with Crippen LogP contribution >= 0.6 is 0 Å². The minimum Gasteiger partial charge on any atom is -0.370 e. The van der Waals surface area contributed by atoms with Crippen LogP contribution in [0.3, 0.4) is 0 Å². The van der Waals surface area contributed by atoms with E-state index in [0.29, 0.717) is 24.5 Å². The van der Waals surface area contributed by atoms with Crippen molar-refractivity contribution >= 4 is 27.3 Å². The average molecular weight is 450 g/mol. The predicted octanol–water partition coefficient (Wildman–Crippen LogP) is 3.52. The number of carbonyl (C=O) groups excluding carboxylic acids is 1. The molecule has 2 rings (SSSR count). The van der Waals surface area contributed by atoms with Crippen molar-refractivity contribution in [3.63, 3.8) is 0 Å². The molecule has 0 radical (unpaired) electrons. The number of amides is 1. The van der Waals surface area contributed by atoms with E-state index in [1.54, 1.807) is 22.9 Å². The highest BCUT2D eigenvalue weighted by atomic mass is 32.2. The maximum absolute atomic E-state index is 13.0. The lowest BCUT2D eigenvalue weighted by Gasteiger charge is -2.26. The summed E-state index contributed by atoms with van der Waals surface area (Å²) in [6.45, 7) is 14.0. The van der Waals surface area contributed by atoms with Gasteiger partial charge in [-0.05, 0) is 52.0 Å². The molecule has 0 unspecified atom stereocenters. The molecule has 1 aromatic carbocycles. The van der Waals surface area contributed by atoms with Crippen molar-refractivity contribution < 1.29 is 13.2 Å². The van der Waals surface area contributed by atoms with Crippen LogP contribution in [0.5, 0.6) is 0 Å². The van der Waals surface area contributed by atoms with Gasteiger partial charge in [0.05, 0.1) is 28.4 Å². The van der Waals surface area contributed by atoms with Gasteiger partial charge < -0.3 is 10.2 Å². The number of nitrogens with zero attached hydrogens (tertiary/aromatic N) is 4. The number of rotatable bonds is 11. The third-order valence-corrected chi connectivity index (χ3v) is 7.27. The van der Waals surface area contributed by atoms with Crippen LogP contribution in [0.2, 0.25) is 0 Å². The van der Waals surface area contributed by atoms with Gasteiger partial charge in [0.2, 0.25) is 15.9 Å². The zero-order valence-electron chi connectivity index (χ0n) is 19.4. The fourth-order valence-electron chi connectivity index (χ4n) is 3.45. The first-order chi connectivity index (χ1) is 14.7. The lowest BCUT2D eigenvalue weighted by Crippen LogP contribution is -2.31. The quantitative estimate of drug-likeness (QED) is 0.567. The van der Waals surface area contributed by atoms with Gasteiger partial charge in [0.15, 0.2) is 0 Å². The third kappa shape index (κ3) is 5.86. The lowest BCUT2D eigenvalue weighted by molar-refractivity contribution is -0.115. The predicted molar refractivity (Wildman–Crippen MR) is 125 cm³/mol. The number of aromatic nitrogens is 2. The number of sulfonamides is 1. The standard InChI is InChI=1S/C22H35N5O3S/c1-7-25(8-2)21-12-11-19(31(29,30)26(9-3)10-4)16-20(21)23-22(28)15-18-13-14-27(24-18)17(5)6/h11-14,16-17H,7-10,15H2,1-6H3,(H,23,28). The average Bonchev–Trinajstić information content (AvgIpc) is 3.19. The molecule has 0 atom stereocenters. The van der Waals surface area contributed by atoms with E-state index < -0.39 is 10.0 Å². The molecule has 1 heterocycles. The van der Waals surface area contributed by atoms with E-state index in [0.717, 1.165) is 18.8 Å². The number of carbonyl (C=O) groups is 1. The number of hydrogen-bond donors (Lipinski definition) is 1. The van der Waals surface area contributed by atoms with Crippen molar-refractivity contribution in [2.24, 2.45) is 0 Å². The second kappa shape index (κ2) is 10.8. The summed E-state index contributed by atoms with van der Waals surface area (Å²) in [5, 5.41) is 7.35. The first-order valence-electron chi connectivity index (χ1n) is 10.9. The summed E-state index contributed by atoms with van der Waals surface area (Å²) in [7, 11) is -3.63. The van der Waals surface area contributed by atoms with Gasteiger partial charge >= 0.3 is 0 Å².